The van der Waals surface area contributed by atoms with E-state index in [9.17, 15) is 0 Å². The van der Waals surface area contributed by atoms with E-state index in [-0.39, 0.29) is 12.4 Å². The summed E-state index contributed by atoms with van der Waals surface area (Å²) in [5, 5.41) is 3.28. The number of halogens is 2. The van der Waals surface area contributed by atoms with Gasteiger partial charge in [0.1, 0.15) is 0 Å². The van der Waals surface area contributed by atoms with Crippen molar-refractivity contribution >= 4 is 28.3 Å². The van der Waals surface area contributed by atoms with Gasteiger partial charge in [0.15, 0.2) is 0 Å². The highest BCUT2D eigenvalue weighted by molar-refractivity contribution is 9.10. The van der Waals surface area contributed by atoms with Crippen molar-refractivity contribution in [1.82, 2.24) is 10.2 Å². The summed E-state index contributed by atoms with van der Waals surface area (Å²) in [7, 11) is 2.05. The molecule has 0 aromatic heterocycles. The van der Waals surface area contributed by atoms with Crippen molar-refractivity contribution in [3.63, 3.8) is 0 Å². The summed E-state index contributed by atoms with van der Waals surface area (Å²) in [6, 6.07) is 8.64. The summed E-state index contributed by atoms with van der Waals surface area (Å²) in [5.41, 5.74) is 1.41. The number of nitrogens with zero attached hydrogens (tertiary/aromatic N) is 1. The molecule has 1 aromatic rings. The molecule has 2 nitrogen and oxygen atoms in total. The van der Waals surface area contributed by atoms with Crippen LogP contribution in [-0.4, -0.2) is 31.6 Å². The SMILES string of the molecule is CNCC1CCN(Cc2cccc(Br)c2)CC1.Cl. The molecule has 0 amide bonds. The van der Waals surface area contributed by atoms with Crippen LogP contribution in [0.25, 0.3) is 0 Å². The zero-order chi connectivity index (χ0) is 12.1. The molecule has 1 N–H and O–H groups in total. The maximum atomic E-state index is 3.53. The Kier molecular flexibility index (Phi) is 7.23. The first kappa shape index (κ1) is 16.0. The second-order valence-electron chi connectivity index (χ2n) is 4.91. The third-order valence-electron chi connectivity index (χ3n) is 3.50. The van der Waals surface area contributed by atoms with E-state index in [1.807, 2.05) is 7.05 Å². The largest absolute Gasteiger partial charge is 0.319 e. The fraction of sp³-hybridized carbons (Fsp3) is 0.571. The molecule has 1 fully saturated rings. The maximum Gasteiger partial charge on any atom is 0.0234 e. The number of nitrogens with one attached hydrogen (secondary N) is 1. The molecule has 1 aliphatic rings. The molecule has 2 rings (SSSR count). The smallest absolute Gasteiger partial charge is 0.0234 e. The van der Waals surface area contributed by atoms with Crippen molar-refractivity contribution in [1.29, 1.82) is 0 Å². The van der Waals surface area contributed by atoms with Crippen LogP contribution in [0, 0.1) is 5.92 Å². The van der Waals surface area contributed by atoms with Gasteiger partial charge >= 0.3 is 0 Å². The fourth-order valence-electron chi connectivity index (χ4n) is 2.53. The second-order valence-corrected chi connectivity index (χ2v) is 5.82. The molecular weight excluding hydrogens is 312 g/mol. The Morgan fingerprint density at radius 3 is 2.67 bits per heavy atom. The van der Waals surface area contributed by atoms with Crippen LogP contribution in [0.3, 0.4) is 0 Å². The van der Waals surface area contributed by atoms with Gasteiger partial charge < -0.3 is 5.32 Å². The highest BCUT2D eigenvalue weighted by atomic mass is 79.9. The number of rotatable bonds is 4. The summed E-state index contributed by atoms with van der Waals surface area (Å²) < 4.78 is 1.18. The number of hydrogen-bond donors (Lipinski definition) is 1. The summed E-state index contributed by atoms with van der Waals surface area (Å²) in [6.07, 6.45) is 2.66. The lowest BCUT2D eigenvalue weighted by atomic mass is 9.96. The van der Waals surface area contributed by atoms with E-state index in [0.29, 0.717) is 0 Å². The summed E-state index contributed by atoms with van der Waals surface area (Å²) in [5.74, 6) is 0.874. The average Bonchev–Trinajstić information content (AvgIpc) is 2.32. The standard InChI is InChI=1S/C14H21BrN2.ClH/c1-16-10-12-5-7-17(8-6-12)11-13-3-2-4-14(15)9-13;/h2-4,9,12,16H,5-8,10-11H2,1H3;1H. The van der Waals surface area contributed by atoms with Crippen molar-refractivity contribution < 1.29 is 0 Å². The van der Waals surface area contributed by atoms with Crippen LogP contribution < -0.4 is 5.32 Å². The predicted molar refractivity (Wildman–Crippen MR) is 83.3 cm³/mol. The second kappa shape index (κ2) is 8.16. The molecular formula is C14H22BrClN2. The van der Waals surface area contributed by atoms with E-state index in [0.717, 1.165) is 12.5 Å². The maximum absolute atomic E-state index is 3.53. The molecule has 0 radical (unpaired) electrons. The van der Waals surface area contributed by atoms with E-state index < -0.39 is 0 Å². The van der Waals surface area contributed by atoms with Gasteiger partial charge in [0, 0.05) is 11.0 Å². The third-order valence-corrected chi connectivity index (χ3v) is 3.99. The first-order chi connectivity index (χ1) is 8.28. The van der Waals surface area contributed by atoms with Crippen molar-refractivity contribution in [2.75, 3.05) is 26.7 Å². The number of piperidine rings is 1. The molecule has 1 aliphatic heterocycles. The molecule has 102 valence electrons. The van der Waals surface area contributed by atoms with Gasteiger partial charge in [-0.05, 0) is 63.1 Å². The van der Waals surface area contributed by atoms with Gasteiger partial charge in [-0.15, -0.1) is 12.4 Å². The van der Waals surface area contributed by atoms with Crippen LogP contribution in [-0.2, 0) is 6.54 Å². The number of hydrogen-bond acceptors (Lipinski definition) is 2. The number of likely N-dealkylation sites (tertiary alicyclic amines) is 1. The lowest BCUT2D eigenvalue weighted by molar-refractivity contribution is 0.177. The van der Waals surface area contributed by atoms with E-state index in [1.165, 1.54) is 42.5 Å². The summed E-state index contributed by atoms with van der Waals surface area (Å²) in [4.78, 5) is 2.56. The van der Waals surface area contributed by atoms with E-state index in [1.54, 1.807) is 0 Å². The topological polar surface area (TPSA) is 15.3 Å². The van der Waals surface area contributed by atoms with Crippen LogP contribution in [0.2, 0.25) is 0 Å². The van der Waals surface area contributed by atoms with Gasteiger partial charge in [-0.3, -0.25) is 4.90 Å². The molecule has 1 heterocycles. The van der Waals surface area contributed by atoms with E-state index in [2.05, 4.69) is 50.4 Å². The van der Waals surface area contributed by atoms with E-state index >= 15 is 0 Å². The lowest BCUT2D eigenvalue weighted by Gasteiger charge is -2.31. The van der Waals surface area contributed by atoms with Crippen molar-refractivity contribution in [2.24, 2.45) is 5.92 Å². The van der Waals surface area contributed by atoms with Gasteiger partial charge in [-0.25, -0.2) is 0 Å². The Morgan fingerprint density at radius 1 is 1.33 bits per heavy atom. The minimum atomic E-state index is 0. The van der Waals surface area contributed by atoms with Crippen LogP contribution in [0.4, 0.5) is 0 Å². The molecule has 18 heavy (non-hydrogen) atoms. The Morgan fingerprint density at radius 2 is 2.06 bits per heavy atom. The minimum absolute atomic E-state index is 0. The van der Waals surface area contributed by atoms with Gasteiger partial charge in [0.2, 0.25) is 0 Å². The zero-order valence-corrected chi connectivity index (χ0v) is 13.3. The van der Waals surface area contributed by atoms with E-state index in [4.69, 9.17) is 0 Å². The predicted octanol–water partition coefficient (Wildman–Crippen LogP) is 3.30. The normalized spacial score (nSPS) is 17.4. The van der Waals surface area contributed by atoms with Crippen LogP contribution in [0.5, 0.6) is 0 Å². The fourth-order valence-corrected chi connectivity index (χ4v) is 2.98. The lowest BCUT2D eigenvalue weighted by Crippen LogP contribution is -2.36. The zero-order valence-electron chi connectivity index (χ0n) is 10.9. The van der Waals surface area contributed by atoms with Crippen molar-refractivity contribution in [3.05, 3.63) is 34.3 Å². The van der Waals surface area contributed by atoms with Crippen LogP contribution in [0.1, 0.15) is 18.4 Å². The van der Waals surface area contributed by atoms with Gasteiger partial charge in [-0.2, -0.15) is 0 Å². The first-order valence-corrected chi connectivity index (χ1v) is 7.18. The Balaban J connectivity index is 0.00000162. The van der Waals surface area contributed by atoms with Gasteiger partial charge in [0.25, 0.3) is 0 Å². The van der Waals surface area contributed by atoms with Crippen LogP contribution in [0.15, 0.2) is 28.7 Å². The Hall–Kier alpha value is -0.0900. The van der Waals surface area contributed by atoms with Gasteiger partial charge in [-0.1, -0.05) is 28.1 Å². The highest BCUT2D eigenvalue weighted by Crippen LogP contribution is 2.19. The monoisotopic (exact) mass is 332 g/mol. The highest BCUT2D eigenvalue weighted by Gasteiger charge is 2.18. The molecule has 0 unspecified atom stereocenters. The van der Waals surface area contributed by atoms with Gasteiger partial charge in [0.05, 0.1) is 0 Å². The first-order valence-electron chi connectivity index (χ1n) is 6.39. The molecule has 0 saturated carbocycles. The Labute approximate surface area is 125 Å². The Bertz CT molecular complexity index is 351. The molecule has 0 atom stereocenters. The molecule has 4 heteroatoms. The van der Waals surface area contributed by atoms with Crippen molar-refractivity contribution in [2.45, 2.75) is 19.4 Å². The van der Waals surface area contributed by atoms with Crippen molar-refractivity contribution in [3.8, 4) is 0 Å². The average molecular weight is 334 g/mol. The summed E-state index contributed by atoms with van der Waals surface area (Å²) >= 11 is 3.53. The molecule has 0 spiro atoms. The minimum Gasteiger partial charge on any atom is -0.319 e. The van der Waals surface area contributed by atoms with Crippen LogP contribution >= 0.6 is 28.3 Å². The molecule has 0 bridgehead atoms. The summed E-state index contributed by atoms with van der Waals surface area (Å²) in [6.45, 7) is 4.73. The molecule has 0 aliphatic carbocycles. The number of benzene rings is 1. The molecule has 1 aromatic carbocycles. The quantitative estimate of drug-likeness (QED) is 0.909. The third kappa shape index (κ3) is 4.88. The molecule has 1 saturated heterocycles.